The molecule has 0 bridgehead atoms. The molecule has 3 aromatic rings. The lowest BCUT2D eigenvalue weighted by atomic mass is 9.91. The van der Waals surface area contributed by atoms with Crippen molar-refractivity contribution in [1.29, 1.82) is 0 Å². The van der Waals surface area contributed by atoms with E-state index < -0.39 is 40.9 Å². The van der Waals surface area contributed by atoms with Gasteiger partial charge in [0.25, 0.3) is 5.91 Å². The van der Waals surface area contributed by atoms with Crippen LogP contribution in [0.1, 0.15) is 33.5 Å². The van der Waals surface area contributed by atoms with Crippen LogP contribution in [0.15, 0.2) is 42.5 Å². The van der Waals surface area contributed by atoms with Gasteiger partial charge in [0.15, 0.2) is 0 Å². The predicted octanol–water partition coefficient (Wildman–Crippen LogP) is 6.08. The van der Waals surface area contributed by atoms with E-state index in [-0.39, 0.29) is 16.5 Å². The molecule has 1 atom stereocenters. The van der Waals surface area contributed by atoms with Gasteiger partial charge in [0.1, 0.15) is 29.1 Å². The minimum absolute atomic E-state index is 0.0436. The van der Waals surface area contributed by atoms with Crippen LogP contribution in [-0.4, -0.2) is 25.0 Å². The van der Waals surface area contributed by atoms with Gasteiger partial charge in [-0.25, -0.2) is 18.0 Å². The predicted molar refractivity (Wildman–Crippen MR) is 127 cm³/mol. The summed E-state index contributed by atoms with van der Waals surface area (Å²) < 4.78 is 46.7. The molecular formula is C26H20Cl2F3NO3. The fraction of sp³-hybridized carbons (Fsp3) is 0.231. The number of halogens is 5. The Morgan fingerprint density at radius 2 is 1.63 bits per heavy atom. The molecule has 182 valence electrons. The van der Waals surface area contributed by atoms with Gasteiger partial charge in [-0.15, -0.1) is 0 Å². The van der Waals surface area contributed by atoms with Gasteiger partial charge >= 0.3 is 5.97 Å². The Balaban J connectivity index is 1.68. The Kier molecular flexibility index (Phi) is 7.38. The number of esters is 1. The summed E-state index contributed by atoms with van der Waals surface area (Å²) in [5.41, 5.74) is 3.20. The van der Waals surface area contributed by atoms with Crippen LogP contribution in [-0.2, 0) is 28.8 Å². The summed E-state index contributed by atoms with van der Waals surface area (Å²) in [6.07, 6.45) is 2.31. The number of rotatable bonds is 6. The van der Waals surface area contributed by atoms with Crippen molar-refractivity contribution in [3.8, 4) is 11.1 Å². The number of ether oxygens (including phenoxy) is 1. The van der Waals surface area contributed by atoms with Gasteiger partial charge in [0.05, 0.1) is 17.2 Å². The summed E-state index contributed by atoms with van der Waals surface area (Å²) in [5, 5.41) is 2.77. The van der Waals surface area contributed by atoms with Gasteiger partial charge in [-0.3, -0.25) is 4.79 Å². The largest absolute Gasteiger partial charge is 0.467 e. The lowest BCUT2D eigenvalue weighted by Gasteiger charge is -2.20. The van der Waals surface area contributed by atoms with E-state index in [2.05, 4.69) is 5.32 Å². The van der Waals surface area contributed by atoms with Crippen molar-refractivity contribution >= 4 is 35.1 Å². The summed E-state index contributed by atoms with van der Waals surface area (Å²) in [6.45, 7) is 0. The molecule has 1 amide bonds. The van der Waals surface area contributed by atoms with Crippen molar-refractivity contribution in [3.05, 3.63) is 92.2 Å². The zero-order valence-electron chi connectivity index (χ0n) is 18.6. The van der Waals surface area contributed by atoms with E-state index in [0.29, 0.717) is 12.0 Å². The summed E-state index contributed by atoms with van der Waals surface area (Å²) in [6, 6.07) is 7.85. The third-order valence-electron chi connectivity index (χ3n) is 6.06. The second-order valence-corrected chi connectivity index (χ2v) is 8.99. The molecule has 0 aliphatic heterocycles. The quantitative estimate of drug-likeness (QED) is 0.400. The maximum Gasteiger partial charge on any atom is 0.328 e. The van der Waals surface area contributed by atoms with Gasteiger partial charge in [-0.05, 0) is 65.8 Å². The highest BCUT2D eigenvalue weighted by molar-refractivity contribution is 6.39. The summed E-state index contributed by atoms with van der Waals surface area (Å²) >= 11 is 12.6. The van der Waals surface area contributed by atoms with E-state index in [1.54, 1.807) is 12.1 Å². The van der Waals surface area contributed by atoms with E-state index in [1.165, 1.54) is 12.1 Å². The Morgan fingerprint density at radius 1 is 1.00 bits per heavy atom. The third-order valence-corrected chi connectivity index (χ3v) is 6.66. The van der Waals surface area contributed by atoms with Crippen LogP contribution in [0.25, 0.3) is 11.1 Å². The van der Waals surface area contributed by atoms with E-state index in [1.807, 2.05) is 0 Å². The second-order valence-electron chi connectivity index (χ2n) is 8.18. The topological polar surface area (TPSA) is 55.4 Å². The third kappa shape index (κ3) is 5.02. The maximum absolute atomic E-state index is 14.1. The molecule has 0 fully saturated rings. The molecular weight excluding hydrogens is 502 g/mol. The Labute approximate surface area is 210 Å². The number of fused-ring (bicyclic) bond motifs is 1. The van der Waals surface area contributed by atoms with E-state index >= 15 is 0 Å². The first-order valence-electron chi connectivity index (χ1n) is 10.8. The van der Waals surface area contributed by atoms with Gasteiger partial charge in [-0.1, -0.05) is 41.4 Å². The van der Waals surface area contributed by atoms with Crippen molar-refractivity contribution in [2.24, 2.45) is 0 Å². The highest BCUT2D eigenvalue weighted by Crippen LogP contribution is 2.41. The zero-order chi connectivity index (χ0) is 25.3. The molecule has 1 aliphatic rings. The van der Waals surface area contributed by atoms with Crippen molar-refractivity contribution in [1.82, 2.24) is 5.32 Å². The minimum atomic E-state index is -1.18. The zero-order valence-corrected chi connectivity index (χ0v) is 20.1. The molecule has 0 heterocycles. The first-order valence-corrected chi connectivity index (χ1v) is 11.6. The van der Waals surface area contributed by atoms with Crippen molar-refractivity contribution in [3.63, 3.8) is 0 Å². The lowest BCUT2D eigenvalue weighted by molar-refractivity contribution is -0.142. The molecule has 1 aliphatic carbocycles. The number of nitrogens with one attached hydrogen (secondary N) is 1. The molecule has 35 heavy (non-hydrogen) atoms. The first-order chi connectivity index (χ1) is 16.7. The minimum Gasteiger partial charge on any atom is -0.467 e. The van der Waals surface area contributed by atoms with Crippen molar-refractivity contribution in [2.75, 3.05) is 7.11 Å². The van der Waals surface area contributed by atoms with Crippen LogP contribution in [0.5, 0.6) is 0 Å². The van der Waals surface area contributed by atoms with Crippen LogP contribution in [0.3, 0.4) is 0 Å². The Bertz CT molecular complexity index is 1290. The van der Waals surface area contributed by atoms with Gasteiger partial charge in [0, 0.05) is 12.0 Å². The number of carbonyl (C=O) groups excluding carboxylic acids is 2. The first kappa shape index (κ1) is 25.1. The number of hydrogen-bond donors (Lipinski definition) is 1. The molecule has 4 nitrogen and oxygen atoms in total. The number of methoxy groups -OCH3 is 1. The van der Waals surface area contributed by atoms with Gasteiger partial charge < -0.3 is 10.1 Å². The van der Waals surface area contributed by atoms with E-state index in [0.717, 1.165) is 60.4 Å². The molecule has 3 aromatic carbocycles. The van der Waals surface area contributed by atoms with Crippen LogP contribution >= 0.6 is 23.2 Å². The summed E-state index contributed by atoms with van der Waals surface area (Å²) in [5.74, 6) is -4.43. The van der Waals surface area contributed by atoms with Crippen molar-refractivity contribution < 1.29 is 27.5 Å². The molecule has 0 unspecified atom stereocenters. The van der Waals surface area contributed by atoms with Gasteiger partial charge in [-0.2, -0.15) is 0 Å². The molecule has 1 N–H and O–H groups in total. The van der Waals surface area contributed by atoms with Crippen LogP contribution in [0, 0.1) is 17.5 Å². The van der Waals surface area contributed by atoms with Crippen LogP contribution in [0.2, 0.25) is 10.0 Å². The monoisotopic (exact) mass is 521 g/mol. The highest BCUT2D eigenvalue weighted by Gasteiger charge is 2.29. The standard InChI is InChI=1S/C26H20Cl2F3NO3/c1-35-26(34)22(32-25(33)24-20(30)6-3-7-21(24)31)10-13-8-9-17(16-5-2-4-15(13)16)23-18(27)11-14(29)12-19(23)28/h3,6-9,11-12,22H,2,4-5,10H2,1H3,(H,32,33)/t22-/m0/s1. The van der Waals surface area contributed by atoms with Crippen LogP contribution < -0.4 is 5.32 Å². The van der Waals surface area contributed by atoms with Gasteiger partial charge in [0.2, 0.25) is 0 Å². The average Bonchev–Trinajstić information content (AvgIpc) is 3.29. The molecule has 4 rings (SSSR count). The summed E-state index contributed by atoms with van der Waals surface area (Å²) in [7, 11) is 1.16. The fourth-order valence-electron chi connectivity index (χ4n) is 4.51. The average molecular weight is 522 g/mol. The van der Waals surface area contributed by atoms with E-state index in [9.17, 15) is 22.8 Å². The molecule has 0 aromatic heterocycles. The molecule has 0 radical (unpaired) electrons. The number of carbonyl (C=O) groups is 2. The normalized spacial score (nSPS) is 13.3. The molecule has 0 saturated carbocycles. The van der Waals surface area contributed by atoms with Crippen molar-refractivity contribution in [2.45, 2.75) is 31.7 Å². The number of benzene rings is 3. The highest BCUT2D eigenvalue weighted by atomic mass is 35.5. The number of hydrogen-bond acceptors (Lipinski definition) is 3. The fourth-order valence-corrected chi connectivity index (χ4v) is 5.17. The Hall–Kier alpha value is -3.03. The lowest BCUT2D eigenvalue weighted by Crippen LogP contribution is -2.43. The van der Waals surface area contributed by atoms with E-state index in [4.69, 9.17) is 27.9 Å². The molecule has 0 saturated heterocycles. The smallest absolute Gasteiger partial charge is 0.328 e. The van der Waals surface area contributed by atoms with Crippen LogP contribution in [0.4, 0.5) is 13.2 Å². The second kappa shape index (κ2) is 10.3. The Morgan fingerprint density at radius 3 is 2.26 bits per heavy atom. The number of amides is 1. The summed E-state index contributed by atoms with van der Waals surface area (Å²) in [4.78, 5) is 25.1. The molecule has 9 heteroatoms. The maximum atomic E-state index is 14.1. The SMILES string of the molecule is COC(=O)[C@H](Cc1ccc(-c2c(Cl)cc(F)cc2Cl)c2c1CCC2)NC(=O)c1c(F)cccc1F. The molecule has 0 spiro atoms.